The minimum absolute atomic E-state index is 0.387. The standard InChI is InChI=1S/C6H4F5N2/c1-2-3(5(7)8)4(13-12-2)6(9,10)11/h5H,1H3. The maximum atomic E-state index is 12.1. The monoisotopic (exact) mass is 199 g/mol. The molecule has 0 saturated heterocycles. The lowest BCUT2D eigenvalue weighted by molar-refractivity contribution is -0.0981. The van der Waals surface area contributed by atoms with Crippen molar-refractivity contribution in [2.75, 3.05) is 0 Å². The fraction of sp³-hybridized carbons (Fsp3) is 0.500. The summed E-state index contributed by atoms with van der Waals surface area (Å²) in [7, 11) is 0. The average molecular weight is 199 g/mol. The molecule has 13 heavy (non-hydrogen) atoms. The predicted molar refractivity (Wildman–Crippen MR) is 34.3 cm³/mol. The van der Waals surface area contributed by atoms with E-state index in [1.54, 1.807) is 0 Å². The summed E-state index contributed by atoms with van der Waals surface area (Å²) in [5, 5.41) is 2.95. The molecule has 7 heteroatoms. The number of hydrogen-bond acceptors (Lipinski definition) is 1. The minimum Gasteiger partial charge on any atom is -0.205 e. The highest BCUT2D eigenvalue weighted by Gasteiger charge is 2.43. The molecule has 0 aliphatic carbocycles. The fourth-order valence-electron chi connectivity index (χ4n) is 0.875. The summed E-state index contributed by atoms with van der Waals surface area (Å²) in [6.45, 7) is 1.06. The lowest BCUT2D eigenvalue weighted by Gasteiger charge is -2.07. The van der Waals surface area contributed by atoms with Crippen LogP contribution in [0.2, 0.25) is 0 Å². The van der Waals surface area contributed by atoms with Gasteiger partial charge in [-0.15, -0.1) is 5.43 Å². The van der Waals surface area contributed by atoms with E-state index in [1.165, 1.54) is 0 Å². The van der Waals surface area contributed by atoms with Crippen LogP contribution in [0.5, 0.6) is 0 Å². The molecule has 0 fully saturated rings. The van der Waals surface area contributed by atoms with Gasteiger partial charge in [0.1, 0.15) is 0 Å². The maximum absolute atomic E-state index is 12.1. The molecule has 0 spiro atoms. The molecule has 0 unspecified atom stereocenters. The van der Waals surface area contributed by atoms with Crippen molar-refractivity contribution in [1.82, 2.24) is 5.43 Å². The third-order valence-electron chi connectivity index (χ3n) is 1.43. The highest BCUT2D eigenvalue weighted by Crippen LogP contribution is 2.32. The third-order valence-corrected chi connectivity index (χ3v) is 1.43. The first kappa shape index (κ1) is 9.94. The quantitative estimate of drug-likeness (QED) is 0.578. The molecule has 2 nitrogen and oxygen atoms in total. The van der Waals surface area contributed by atoms with Crippen LogP contribution in [-0.2, 0) is 0 Å². The van der Waals surface area contributed by atoms with E-state index in [4.69, 9.17) is 0 Å². The number of nitrogens with zero attached hydrogens (tertiary/aromatic N) is 2. The summed E-state index contributed by atoms with van der Waals surface area (Å²) in [5.74, 6) is 0. The average Bonchev–Trinajstić information content (AvgIpc) is 2.28. The molecule has 0 saturated carbocycles. The van der Waals surface area contributed by atoms with Gasteiger partial charge in [-0.25, -0.2) is 8.78 Å². The van der Waals surface area contributed by atoms with Crippen LogP contribution in [-0.4, -0.2) is 18.3 Å². The zero-order chi connectivity index (χ0) is 10.2. The van der Waals surface area contributed by atoms with E-state index in [-0.39, 0.29) is 5.71 Å². The van der Waals surface area contributed by atoms with Gasteiger partial charge in [-0.1, -0.05) is 0 Å². The smallest absolute Gasteiger partial charge is 0.205 e. The molecule has 0 bridgehead atoms. The van der Waals surface area contributed by atoms with Gasteiger partial charge in [-0.2, -0.15) is 18.3 Å². The Balaban J connectivity index is 3.09. The van der Waals surface area contributed by atoms with Crippen molar-refractivity contribution in [2.45, 2.75) is 19.5 Å². The van der Waals surface area contributed by atoms with Crippen LogP contribution in [0, 0.1) is 0 Å². The Morgan fingerprint density at radius 1 is 1.23 bits per heavy atom. The molecular weight excluding hydrogens is 195 g/mol. The SMILES string of the molecule is CC1=N[N]C(C(F)(F)F)=C1C(F)F. The molecule has 0 N–H and O–H groups in total. The van der Waals surface area contributed by atoms with Gasteiger partial charge in [0.2, 0.25) is 0 Å². The Bertz CT molecular complexity index is 275. The normalized spacial score (nSPS) is 17.9. The molecule has 0 amide bonds. The summed E-state index contributed by atoms with van der Waals surface area (Å²) in [6, 6.07) is 0. The van der Waals surface area contributed by atoms with E-state index in [2.05, 4.69) is 10.5 Å². The molecule has 0 aromatic rings. The van der Waals surface area contributed by atoms with E-state index in [9.17, 15) is 22.0 Å². The number of rotatable bonds is 1. The van der Waals surface area contributed by atoms with Crippen molar-refractivity contribution in [1.29, 1.82) is 0 Å². The minimum atomic E-state index is -4.87. The second-order valence-corrected chi connectivity index (χ2v) is 2.35. The van der Waals surface area contributed by atoms with Crippen molar-refractivity contribution in [2.24, 2.45) is 5.10 Å². The molecule has 1 radical (unpaired) electrons. The van der Waals surface area contributed by atoms with Crippen LogP contribution in [0.4, 0.5) is 22.0 Å². The molecule has 1 heterocycles. The number of hydrogen-bond donors (Lipinski definition) is 0. The first-order valence-electron chi connectivity index (χ1n) is 3.19. The fourth-order valence-corrected chi connectivity index (χ4v) is 0.875. The number of allylic oxidation sites excluding steroid dienone is 2. The Labute approximate surface area is 70.1 Å². The zero-order valence-corrected chi connectivity index (χ0v) is 6.36. The highest BCUT2D eigenvalue weighted by molar-refractivity contribution is 6.01. The summed E-state index contributed by atoms with van der Waals surface area (Å²) in [5.41, 5.74) is -0.463. The van der Waals surface area contributed by atoms with Gasteiger partial charge in [0.15, 0.2) is 5.70 Å². The Morgan fingerprint density at radius 2 is 1.77 bits per heavy atom. The lowest BCUT2D eigenvalue weighted by atomic mass is 10.1. The number of alkyl halides is 5. The van der Waals surface area contributed by atoms with Crippen LogP contribution in [0.15, 0.2) is 16.4 Å². The zero-order valence-electron chi connectivity index (χ0n) is 6.36. The molecule has 73 valence electrons. The van der Waals surface area contributed by atoms with Crippen LogP contribution < -0.4 is 5.43 Å². The van der Waals surface area contributed by atoms with Crippen LogP contribution in [0.25, 0.3) is 0 Å². The van der Waals surface area contributed by atoms with Gasteiger partial charge in [-0.05, 0) is 6.92 Å². The van der Waals surface area contributed by atoms with Gasteiger partial charge < -0.3 is 0 Å². The summed E-state index contributed by atoms with van der Waals surface area (Å²) in [6.07, 6.45) is -8.07. The predicted octanol–water partition coefficient (Wildman–Crippen LogP) is 2.06. The Hall–Kier alpha value is -1.14. The molecular formula is C6H4F5N2. The van der Waals surface area contributed by atoms with Gasteiger partial charge in [0, 0.05) is 0 Å². The summed E-state index contributed by atoms with van der Waals surface area (Å²) < 4.78 is 60.1. The van der Waals surface area contributed by atoms with E-state index in [0.717, 1.165) is 6.92 Å². The van der Waals surface area contributed by atoms with Gasteiger partial charge in [-0.3, -0.25) is 0 Å². The molecule has 0 aromatic heterocycles. The van der Waals surface area contributed by atoms with E-state index < -0.39 is 23.9 Å². The molecule has 1 aliphatic heterocycles. The molecule has 0 aromatic carbocycles. The Kier molecular flexibility index (Phi) is 2.27. The Morgan fingerprint density at radius 3 is 2.08 bits per heavy atom. The van der Waals surface area contributed by atoms with Crippen LogP contribution in [0.3, 0.4) is 0 Å². The first-order chi connectivity index (χ1) is 5.84. The van der Waals surface area contributed by atoms with Crippen molar-refractivity contribution in [3.8, 4) is 0 Å². The van der Waals surface area contributed by atoms with Gasteiger partial charge >= 0.3 is 6.18 Å². The lowest BCUT2D eigenvalue weighted by Crippen LogP contribution is -2.20. The summed E-state index contributed by atoms with van der Waals surface area (Å²) >= 11 is 0. The van der Waals surface area contributed by atoms with E-state index in [1.807, 2.05) is 0 Å². The second-order valence-electron chi connectivity index (χ2n) is 2.35. The van der Waals surface area contributed by atoms with Crippen LogP contribution >= 0.6 is 0 Å². The molecule has 1 rings (SSSR count). The number of halogens is 5. The molecule has 1 aliphatic rings. The van der Waals surface area contributed by atoms with Crippen molar-refractivity contribution >= 4 is 5.71 Å². The second kappa shape index (κ2) is 2.97. The van der Waals surface area contributed by atoms with Crippen molar-refractivity contribution in [3.05, 3.63) is 11.3 Å². The summed E-state index contributed by atoms with van der Waals surface area (Å²) in [4.78, 5) is 0. The van der Waals surface area contributed by atoms with Crippen LogP contribution in [0.1, 0.15) is 6.92 Å². The van der Waals surface area contributed by atoms with Crippen molar-refractivity contribution < 1.29 is 22.0 Å². The van der Waals surface area contributed by atoms with Gasteiger partial charge in [0.25, 0.3) is 6.43 Å². The first-order valence-corrected chi connectivity index (χ1v) is 3.19. The third kappa shape index (κ3) is 1.78. The topological polar surface area (TPSA) is 26.5 Å². The van der Waals surface area contributed by atoms with Crippen molar-refractivity contribution in [3.63, 3.8) is 0 Å². The maximum Gasteiger partial charge on any atom is 0.435 e. The van der Waals surface area contributed by atoms with Gasteiger partial charge in [0.05, 0.1) is 11.3 Å². The van der Waals surface area contributed by atoms with E-state index in [0.29, 0.717) is 0 Å². The molecule has 0 atom stereocenters. The van der Waals surface area contributed by atoms with E-state index >= 15 is 0 Å². The highest BCUT2D eigenvalue weighted by atomic mass is 19.4. The largest absolute Gasteiger partial charge is 0.435 e.